The molecule has 1 atom stereocenters. The van der Waals surface area contributed by atoms with Gasteiger partial charge in [0.1, 0.15) is 11.8 Å². The van der Waals surface area contributed by atoms with Crippen LogP contribution in [0.4, 0.5) is 5.69 Å². The maximum Gasteiger partial charge on any atom is 0.246 e. The van der Waals surface area contributed by atoms with Gasteiger partial charge < -0.3 is 10.6 Å². The minimum absolute atomic E-state index is 0.0775. The van der Waals surface area contributed by atoms with Gasteiger partial charge in [-0.25, -0.2) is 0 Å². The Labute approximate surface area is 180 Å². The van der Waals surface area contributed by atoms with Crippen LogP contribution in [0, 0.1) is 5.92 Å². The normalized spacial score (nSPS) is 11.8. The van der Waals surface area contributed by atoms with E-state index in [9.17, 15) is 19.2 Å². The Morgan fingerprint density at radius 3 is 2.33 bits per heavy atom. The summed E-state index contributed by atoms with van der Waals surface area (Å²) in [5, 5.41) is 5.67. The van der Waals surface area contributed by atoms with Gasteiger partial charge in [0.25, 0.3) is 0 Å². The van der Waals surface area contributed by atoms with Gasteiger partial charge in [0, 0.05) is 30.5 Å². The Kier molecular flexibility index (Phi) is 11.6. The molecule has 30 heavy (non-hydrogen) atoms. The van der Waals surface area contributed by atoms with E-state index in [0.29, 0.717) is 42.9 Å². The zero-order chi connectivity index (χ0) is 22.5. The first kappa shape index (κ1) is 25.5. The monoisotopic (exact) mass is 416 g/mol. The fourth-order valence-electron chi connectivity index (χ4n) is 3.02. The second kappa shape index (κ2) is 13.7. The SMILES string of the molecule is CCC(=O)CCCCCC(NC(=O)CCC(C)C)C(=O)Nc1cccc(C(C)=O)c1. The summed E-state index contributed by atoms with van der Waals surface area (Å²) in [5.74, 6) is 0.150. The molecule has 0 bridgehead atoms. The van der Waals surface area contributed by atoms with Gasteiger partial charge in [-0.05, 0) is 44.2 Å². The van der Waals surface area contributed by atoms with Crippen LogP contribution < -0.4 is 10.6 Å². The molecule has 1 aromatic carbocycles. The first-order valence-corrected chi connectivity index (χ1v) is 11.0. The van der Waals surface area contributed by atoms with Crippen LogP contribution in [0.2, 0.25) is 0 Å². The first-order chi connectivity index (χ1) is 14.2. The van der Waals surface area contributed by atoms with Crippen LogP contribution >= 0.6 is 0 Å². The largest absolute Gasteiger partial charge is 0.344 e. The number of hydrogen-bond donors (Lipinski definition) is 2. The van der Waals surface area contributed by atoms with E-state index in [-0.39, 0.29) is 23.4 Å². The van der Waals surface area contributed by atoms with Crippen molar-refractivity contribution in [2.45, 2.75) is 85.1 Å². The molecule has 0 aliphatic carbocycles. The van der Waals surface area contributed by atoms with Crippen LogP contribution in [-0.2, 0) is 14.4 Å². The van der Waals surface area contributed by atoms with Crippen LogP contribution in [0.15, 0.2) is 24.3 Å². The zero-order valence-corrected chi connectivity index (χ0v) is 18.8. The Morgan fingerprint density at radius 2 is 1.70 bits per heavy atom. The molecular formula is C24H36N2O4. The van der Waals surface area contributed by atoms with E-state index in [1.54, 1.807) is 24.3 Å². The lowest BCUT2D eigenvalue weighted by molar-refractivity contribution is -0.126. The molecule has 0 aliphatic heterocycles. The minimum Gasteiger partial charge on any atom is -0.344 e. The third kappa shape index (κ3) is 10.3. The Bertz CT molecular complexity index is 728. The summed E-state index contributed by atoms with van der Waals surface area (Å²) < 4.78 is 0. The van der Waals surface area contributed by atoms with Gasteiger partial charge in [-0.15, -0.1) is 0 Å². The van der Waals surface area contributed by atoms with Gasteiger partial charge in [-0.3, -0.25) is 19.2 Å². The molecule has 1 unspecified atom stereocenters. The Balaban J connectivity index is 2.70. The van der Waals surface area contributed by atoms with Crippen LogP contribution in [0.3, 0.4) is 0 Å². The number of benzene rings is 1. The highest BCUT2D eigenvalue weighted by molar-refractivity contribution is 5.99. The van der Waals surface area contributed by atoms with E-state index in [4.69, 9.17) is 0 Å². The molecule has 0 spiro atoms. The van der Waals surface area contributed by atoms with E-state index in [1.807, 2.05) is 6.92 Å². The topological polar surface area (TPSA) is 92.3 Å². The molecule has 2 N–H and O–H groups in total. The molecule has 0 heterocycles. The van der Waals surface area contributed by atoms with Gasteiger partial charge >= 0.3 is 0 Å². The lowest BCUT2D eigenvalue weighted by Crippen LogP contribution is -2.43. The van der Waals surface area contributed by atoms with E-state index >= 15 is 0 Å². The van der Waals surface area contributed by atoms with Crippen molar-refractivity contribution in [1.82, 2.24) is 5.32 Å². The molecule has 0 saturated carbocycles. The summed E-state index contributed by atoms with van der Waals surface area (Å²) in [7, 11) is 0. The van der Waals surface area contributed by atoms with E-state index < -0.39 is 6.04 Å². The second-order valence-corrected chi connectivity index (χ2v) is 8.17. The van der Waals surface area contributed by atoms with Gasteiger partial charge in [0.15, 0.2) is 5.78 Å². The highest BCUT2D eigenvalue weighted by atomic mass is 16.2. The van der Waals surface area contributed by atoms with Crippen LogP contribution in [0.1, 0.15) is 89.4 Å². The average Bonchev–Trinajstić information content (AvgIpc) is 2.70. The number of rotatable bonds is 14. The predicted octanol–water partition coefficient (Wildman–Crippen LogP) is 4.68. The number of carbonyl (C=O) groups is 4. The summed E-state index contributed by atoms with van der Waals surface area (Å²) >= 11 is 0. The highest BCUT2D eigenvalue weighted by Gasteiger charge is 2.21. The first-order valence-electron chi connectivity index (χ1n) is 11.0. The number of amides is 2. The maximum atomic E-state index is 12.8. The summed E-state index contributed by atoms with van der Waals surface area (Å²) in [5.41, 5.74) is 1.05. The van der Waals surface area contributed by atoms with Gasteiger partial charge in [-0.2, -0.15) is 0 Å². The fourth-order valence-corrected chi connectivity index (χ4v) is 3.02. The summed E-state index contributed by atoms with van der Waals surface area (Å²) in [6, 6.07) is 6.12. The standard InChI is InChI=1S/C24H36N2O4/c1-5-21(28)12-7-6-8-13-22(26-23(29)15-14-17(2)3)24(30)25-20-11-9-10-19(16-20)18(4)27/h9-11,16-17,22H,5-8,12-15H2,1-4H3,(H,25,30)(H,26,29). The second-order valence-electron chi connectivity index (χ2n) is 8.17. The molecule has 6 nitrogen and oxygen atoms in total. The average molecular weight is 417 g/mol. The zero-order valence-electron chi connectivity index (χ0n) is 18.8. The van der Waals surface area contributed by atoms with Crippen molar-refractivity contribution < 1.29 is 19.2 Å². The van der Waals surface area contributed by atoms with Crippen molar-refractivity contribution in [3.05, 3.63) is 29.8 Å². The summed E-state index contributed by atoms with van der Waals surface area (Å²) in [6.07, 6.45) is 5.13. The molecule has 0 fully saturated rings. The molecule has 0 aromatic heterocycles. The van der Waals surface area contributed by atoms with Crippen LogP contribution in [-0.4, -0.2) is 29.4 Å². The maximum absolute atomic E-state index is 12.8. The van der Waals surface area contributed by atoms with Gasteiger partial charge in [0.05, 0.1) is 0 Å². The number of unbranched alkanes of at least 4 members (excludes halogenated alkanes) is 2. The quantitative estimate of drug-likeness (QED) is 0.340. The van der Waals surface area contributed by atoms with Crippen molar-refractivity contribution in [3.8, 4) is 0 Å². The Hall–Kier alpha value is -2.50. The Morgan fingerprint density at radius 1 is 0.967 bits per heavy atom. The van der Waals surface area contributed by atoms with Crippen LogP contribution in [0.25, 0.3) is 0 Å². The van der Waals surface area contributed by atoms with Crippen molar-refractivity contribution in [2.75, 3.05) is 5.32 Å². The van der Waals surface area contributed by atoms with Crippen molar-refractivity contribution >= 4 is 29.1 Å². The predicted molar refractivity (Wildman–Crippen MR) is 119 cm³/mol. The number of ketones is 2. The van der Waals surface area contributed by atoms with Gasteiger partial charge in [-0.1, -0.05) is 45.7 Å². The number of nitrogens with one attached hydrogen (secondary N) is 2. The smallest absolute Gasteiger partial charge is 0.246 e. The molecule has 0 radical (unpaired) electrons. The van der Waals surface area contributed by atoms with E-state index in [2.05, 4.69) is 24.5 Å². The van der Waals surface area contributed by atoms with Gasteiger partial charge in [0.2, 0.25) is 11.8 Å². The summed E-state index contributed by atoms with van der Waals surface area (Å²) in [6.45, 7) is 7.44. The number of carbonyl (C=O) groups excluding carboxylic acids is 4. The number of anilines is 1. The lowest BCUT2D eigenvalue weighted by Gasteiger charge is -2.19. The lowest BCUT2D eigenvalue weighted by atomic mass is 10.0. The van der Waals surface area contributed by atoms with Crippen LogP contribution in [0.5, 0.6) is 0 Å². The third-order valence-corrected chi connectivity index (χ3v) is 4.98. The van der Waals surface area contributed by atoms with E-state index in [1.165, 1.54) is 6.92 Å². The fraction of sp³-hybridized carbons (Fsp3) is 0.583. The minimum atomic E-state index is -0.646. The summed E-state index contributed by atoms with van der Waals surface area (Å²) in [4.78, 5) is 48.1. The molecule has 0 saturated heterocycles. The molecule has 0 aliphatic rings. The van der Waals surface area contributed by atoms with Crippen molar-refractivity contribution in [1.29, 1.82) is 0 Å². The molecule has 2 amide bonds. The molecular weight excluding hydrogens is 380 g/mol. The molecule has 1 aromatic rings. The van der Waals surface area contributed by atoms with Crippen molar-refractivity contribution in [3.63, 3.8) is 0 Å². The highest BCUT2D eigenvalue weighted by Crippen LogP contribution is 2.14. The molecule has 1 rings (SSSR count). The third-order valence-electron chi connectivity index (χ3n) is 4.98. The van der Waals surface area contributed by atoms with Crippen molar-refractivity contribution in [2.24, 2.45) is 5.92 Å². The number of hydrogen-bond acceptors (Lipinski definition) is 4. The van der Waals surface area contributed by atoms with E-state index in [0.717, 1.165) is 25.7 Å². The number of Topliss-reactive ketones (excluding diaryl/α,β-unsaturated/α-hetero) is 2. The molecule has 166 valence electrons. The molecule has 6 heteroatoms.